The highest BCUT2D eigenvalue weighted by atomic mass is 32.1. The number of hydrazone groups is 1. The van der Waals surface area contributed by atoms with Crippen molar-refractivity contribution in [2.75, 3.05) is 4.90 Å². The number of alkyl halides is 3. The van der Waals surface area contributed by atoms with E-state index in [9.17, 15) is 18.0 Å². The summed E-state index contributed by atoms with van der Waals surface area (Å²) in [4.78, 5) is 15.1. The lowest BCUT2D eigenvalue weighted by Crippen LogP contribution is -2.17. The van der Waals surface area contributed by atoms with Crippen molar-refractivity contribution in [2.24, 2.45) is 5.10 Å². The number of anilines is 1. The van der Waals surface area contributed by atoms with Gasteiger partial charge in [-0.05, 0) is 52.9 Å². The Morgan fingerprint density at radius 1 is 1.07 bits per heavy atom. The van der Waals surface area contributed by atoms with Gasteiger partial charge in [0.15, 0.2) is 0 Å². The third-order valence-corrected chi connectivity index (χ3v) is 5.44. The fraction of sp³-hybridized carbons (Fsp3) is 0.143. The molecule has 1 aliphatic heterocycles. The minimum absolute atomic E-state index is 0.335. The summed E-state index contributed by atoms with van der Waals surface area (Å²) >= 11 is 1.51. The summed E-state index contributed by atoms with van der Waals surface area (Å²) in [6.07, 6.45) is -2.80. The molecule has 2 heterocycles. The first-order chi connectivity index (χ1) is 13.9. The maximum Gasteiger partial charge on any atom is 0.416 e. The highest BCUT2D eigenvalue weighted by Crippen LogP contribution is 2.34. The predicted molar refractivity (Wildman–Crippen MR) is 107 cm³/mol. The number of nitrogens with one attached hydrogen (secondary N) is 1. The molecule has 4 nitrogen and oxygen atoms in total. The van der Waals surface area contributed by atoms with Gasteiger partial charge in [0.05, 0.1) is 11.8 Å². The maximum absolute atomic E-state index is 13.0. The van der Waals surface area contributed by atoms with Crippen molar-refractivity contribution in [3.63, 3.8) is 0 Å². The number of rotatable bonds is 4. The molecule has 2 aromatic carbocycles. The molecule has 4 rings (SSSR count). The van der Waals surface area contributed by atoms with Crippen molar-refractivity contribution in [1.82, 2.24) is 5.43 Å². The van der Waals surface area contributed by atoms with Crippen LogP contribution in [0.25, 0.3) is 0 Å². The van der Waals surface area contributed by atoms with Gasteiger partial charge in [-0.2, -0.15) is 18.3 Å². The zero-order valence-electron chi connectivity index (χ0n) is 15.1. The van der Waals surface area contributed by atoms with Crippen molar-refractivity contribution in [3.05, 3.63) is 87.1 Å². The Morgan fingerprint density at radius 3 is 2.66 bits per heavy atom. The van der Waals surface area contributed by atoms with Gasteiger partial charge in [0.1, 0.15) is 0 Å². The summed E-state index contributed by atoms with van der Waals surface area (Å²) in [5.41, 5.74) is 4.68. The predicted octanol–water partition coefficient (Wildman–Crippen LogP) is 5.05. The van der Waals surface area contributed by atoms with E-state index in [1.165, 1.54) is 17.4 Å². The standard InChI is InChI=1S/C21H16F3N3OS/c22-21(23,24)17-3-1-4-18(10-17)27-12-15-7-6-14(9-16(15)13-27)20(28)26-25-11-19-5-2-8-29-19/h1-11H,12-13H2,(H,26,28)/b25-11-. The number of thiophene rings is 1. The van der Waals surface area contributed by atoms with Crippen LogP contribution in [0.15, 0.2) is 65.1 Å². The molecule has 0 saturated carbocycles. The highest BCUT2D eigenvalue weighted by Gasteiger charge is 2.31. The van der Waals surface area contributed by atoms with E-state index in [4.69, 9.17) is 0 Å². The topological polar surface area (TPSA) is 44.7 Å². The number of nitrogens with zero attached hydrogens (tertiary/aromatic N) is 2. The number of hydrogen-bond donors (Lipinski definition) is 1. The van der Waals surface area contributed by atoms with Crippen LogP contribution in [0.3, 0.4) is 0 Å². The second kappa shape index (κ2) is 7.71. The maximum atomic E-state index is 13.0. The molecule has 0 fully saturated rings. The van der Waals surface area contributed by atoms with Crippen molar-refractivity contribution >= 4 is 29.1 Å². The molecule has 3 aromatic rings. The SMILES string of the molecule is O=C(N/N=C\c1cccs1)c1ccc2c(c1)CN(c1cccc(C(F)(F)F)c1)C2. The van der Waals surface area contributed by atoms with E-state index in [0.29, 0.717) is 24.3 Å². The van der Waals surface area contributed by atoms with Crippen LogP contribution in [-0.2, 0) is 19.3 Å². The Morgan fingerprint density at radius 2 is 1.90 bits per heavy atom. The van der Waals surface area contributed by atoms with Gasteiger partial charge >= 0.3 is 6.18 Å². The van der Waals surface area contributed by atoms with E-state index in [2.05, 4.69) is 10.5 Å². The Bertz CT molecular complexity index is 1060. The zero-order valence-corrected chi connectivity index (χ0v) is 15.9. The Hall–Kier alpha value is -3.13. The molecule has 1 aliphatic rings. The quantitative estimate of drug-likeness (QED) is 0.479. The van der Waals surface area contributed by atoms with Crippen molar-refractivity contribution in [3.8, 4) is 0 Å². The van der Waals surface area contributed by atoms with Gasteiger partial charge in [-0.25, -0.2) is 5.43 Å². The molecule has 1 N–H and O–H groups in total. The van der Waals surface area contributed by atoms with Crippen LogP contribution in [0.1, 0.15) is 31.9 Å². The number of halogens is 3. The fourth-order valence-corrected chi connectivity index (χ4v) is 3.77. The lowest BCUT2D eigenvalue weighted by Gasteiger charge is -2.19. The molecule has 1 amide bonds. The number of carbonyl (C=O) groups excluding carboxylic acids is 1. The molecule has 0 unspecified atom stereocenters. The summed E-state index contributed by atoms with van der Waals surface area (Å²) in [5.74, 6) is -0.335. The lowest BCUT2D eigenvalue weighted by atomic mass is 10.1. The Labute approximate surface area is 169 Å². The smallest absolute Gasteiger partial charge is 0.363 e. The summed E-state index contributed by atoms with van der Waals surface area (Å²) in [7, 11) is 0. The van der Waals surface area contributed by atoms with E-state index in [0.717, 1.165) is 28.1 Å². The molecule has 1 aromatic heterocycles. The zero-order chi connectivity index (χ0) is 20.4. The van der Waals surface area contributed by atoms with Crippen LogP contribution in [0.2, 0.25) is 0 Å². The number of carbonyl (C=O) groups is 1. The molecule has 0 atom stereocenters. The summed E-state index contributed by atoms with van der Waals surface area (Å²) in [5, 5.41) is 5.86. The molecule has 29 heavy (non-hydrogen) atoms. The first kappa shape index (κ1) is 19.2. The lowest BCUT2D eigenvalue weighted by molar-refractivity contribution is -0.137. The molecular formula is C21H16F3N3OS. The summed E-state index contributed by atoms with van der Waals surface area (Å²) in [6, 6.07) is 14.4. The third kappa shape index (κ3) is 4.32. The summed E-state index contributed by atoms with van der Waals surface area (Å²) in [6.45, 7) is 0.936. The minimum Gasteiger partial charge on any atom is -0.363 e. The number of fused-ring (bicyclic) bond motifs is 1. The van der Waals surface area contributed by atoms with E-state index in [1.54, 1.807) is 24.4 Å². The van der Waals surface area contributed by atoms with Gasteiger partial charge in [0.2, 0.25) is 0 Å². The van der Waals surface area contributed by atoms with Crippen molar-refractivity contribution in [2.45, 2.75) is 19.3 Å². The average molecular weight is 415 g/mol. The van der Waals surface area contributed by atoms with Crippen LogP contribution in [-0.4, -0.2) is 12.1 Å². The second-order valence-corrected chi connectivity index (χ2v) is 7.58. The van der Waals surface area contributed by atoms with Gasteiger partial charge in [-0.1, -0.05) is 18.2 Å². The first-order valence-electron chi connectivity index (χ1n) is 8.81. The van der Waals surface area contributed by atoms with Gasteiger partial charge in [0.25, 0.3) is 5.91 Å². The van der Waals surface area contributed by atoms with Crippen LogP contribution in [0.5, 0.6) is 0 Å². The molecule has 0 aliphatic carbocycles. The van der Waals surface area contributed by atoms with Crippen LogP contribution < -0.4 is 10.3 Å². The Kier molecular flexibility index (Phi) is 5.10. The molecule has 148 valence electrons. The van der Waals surface area contributed by atoms with E-state index >= 15 is 0 Å². The van der Waals surface area contributed by atoms with Crippen molar-refractivity contribution in [1.29, 1.82) is 0 Å². The van der Waals surface area contributed by atoms with Gasteiger partial charge in [-0.3, -0.25) is 4.79 Å². The highest BCUT2D eigenvalue weighted by molar-refractivity contribution is 7.11. The minimum atomic E-state index is -4.38. The van der Waals surface area contributed by atoms with Gasteiger partial charge < -0.3 is 4.90 Å². The first-order valence-corrected chi connectivity index (χ1v) is 9.69. The number of benzene rings is 2. The Balaban J connectivity index is 1.46. The van der Waals surface area contributed by atoms with E-state index in [1.807, 2.05) is 28.5 Å². The number of amides is 1. The normalized spacial score (nSPS) is 13.7. The van der Waals surface area contributed by atoms with Crippen LogP contribution in [0, 0.1) is 0 Å². The third-order valence-electron chi connectivity index (χ3n) is 4.63. The van der Waals surface area contributed by atoms with Crippen LogP contribution >= 0.6 is 11.3 Å². The van der Waals surface area contributed by atoms with Gasteiger partial charge in [-0.15, -0.1) is 11.3 Å². The molecule has 0 saturated heterocycles. The molecule has 0 spiro atoms. The fourth-order valence-electron chi connectivity index (χ4n) is 3.18. The van der Waals surface area contributed by atoms with Gasteiger partial charge in [0, 0.05) is 29.2 Å². The molecule has 0 radical (unpaired) electrons. The van der Waals surface area contributed by atoms with Crippen molar-refractivity contribution < 1.29 is 18.0 Å². The summed E-state index contributed by atoms with van der Waals surface area (Å²) < 4.78 is 38.9. The molecular weight excluding hydrogens is 399 g/mol. The van der Waals surface area contributed by atoms with E-state index in [-0.39, 0.29) is 5.91 Å². The molecule has 8 heteroatoms. The average Bonchev–Trinajstić information content (AvgIpc) is 3.36. The monoisotopic (exact) mass is 415 g/mol. The second-order valence-electron chi connectivity index (χ2n) is 6.60. The largest absolute Gasteiger partial charge is 0.416 e. The van der Waals surface area contributed by atoms with E-state index < -0.39 is 11.7 Å². The van der Waals surface area contributed by atoms with Crippen LogP contribution in [0.4, 0.5) is 18.9 Å². The molecule has 0 bridgehead atoms. The number of hydrogen-bond acceptors (Lipinski definition) is 4.